The van der Waals surface area contributed by atoms with Crippen molar-refractivity contribution in [2.75, 3.05) is 23.8 Å². The van der Waals surface area contributed by atoms with Gasteiger partial charge in [0.25, 0.3) is 0 Å². The van der Waals surface area contributed by atoms with E-state index in [0.717, 1.165) is 46.8 Å². The summed E-state index contributed by atoms with van der Waals surface area (Å²) in [4.78, 5) is 13.4. The van der Waals surface area contributed by atoms with Crippen LogP contribution in [0, 0.1) is 0 Å². The molecule has 0 aliphatic carbocycles. The number of aromatic nitrogens is 4. The average Bonchev–Trinajstić information content (AvgIpc) is 3.16. The Morgan fingerprint density at radius 2 is 1.94 bits per heavy atom. The van der Waals surface area contributed by atoms with Crippen LogP contribution >= 0.6 is 11.6 Å². The van der Waals surface area contributed by atoms with Gasteiger partial charge in [-0.05, 0) is 42.0 Å². The standard InChI is InChI=1S/C26H23ClN6O2/c1-33-23-11-18(30-19-14-34-15-19)7-10-22(23)31-25(33)28-12-16-5-8-20(9-6-16)35-26-29-13-17-3-2-4-21(27)24(17)32-26/h2-11,13,19,30H,12,14-15H2,1H3,(H,28,31). The lowest BCUT2D eigenvalue weighted by Crippen LogP contribution is -2.40. The summed E-state index contributed by atoms with van der Waals surface area (Å²) < 4.78 is 13.1. The summed E-state index contributed by atoms with van der Waals surface area (Å²) in [6.45, 7) is 2.14. The molecular weight excluding hydrogens is 464 g/mol. The Morgan fingerprint density at radius 1 is 1.09 bits per heavy atom. The van der Waals surface area contributed by atoms with E-state index < -0.39 is 0 Å². The maximum atomic E-state index is 6.24. The Morgan fingerprint density at radius 3 is 2.74 bits per heavy atom. The first-order chi connectivity index (χ1) is 17.1. The summed E-state index contributed by atoms with van der Waals surface area (Å²) in [5, 5.41) is 8.35. The summed E-state index contributed by atoms with van der Waals surface area (Å²) in [6, 6.07) is 20.2. The molecule has 0 saturated carbocycles. The van der Waals surface area contributed by atoms with Crippen LogP contribution in [0.3, 0.4) is 0 Å². The molecule has 0 radical (unpaired) electrons. The minimum absolute atomic E-state index is 0.259. The molecule has 0 bridgehead atoms. The number of para-hydroxylation sites is 1. The molecule has 176 valence electrons. The van der Waals surface area contributed by atoms with Crippen molar-refractivity contribution in [2.24, 2.45) is 7.05 Å². The molecule has 35 heavy (non-hydrogen) atoms. The molecule has 6 rings (SSSR count). The Kier molecular flexibility index (Phi) is 5.60. The molecule has 3 heterocycles. The smallest absolute Gasteiger partial charge is 0.322 e. The number of anilines is 2. The van der Waals surface area contributed by atoms with E-state index in [9.17, 15) is 0 Å². The highest BCUT2D eigenvalue weighted by atomic mass is 35.5. The van der Waals surface area contributed by atoms with E-state index >= 15 is 0 Å². The third-order valence-electron chi connectivity index (χ3n) is 6.01. The first-order valence-corrected chi connectivity index (χ1v) is 11.7. The summed E-state index contributed by atoms with van der Waals surface area (Å²) >= 11 is 6.24. The summed E-state index contributed by atoms with van der Waals surface area (Å²) in [6.07, 6.45) is 1.71. The Balaban J connectivity index is 1.12. The first kappa shape index (κ1) is 21.6. The number of halogens is 1. The van der Waals surface area contributed by atoms with Crippen LogP contribution < -0.4 is 15.4 Å². The van der Waals surface area contributed by atoms with E-state index in [1.165, 1.54) is 0 Å². The van der Waals surface area contributed by atoms with Crippen molar-refractivity contribution in [3.63, 3.8) is 0 Å². The summed E-state index contributed by atoms with van der Waals surface area (Å²) in [7, 11) is 2.01. The Labute approximate surface area is 206 Å². The average molecular weight is 487 g/mol. The van der Waals surface area contributed by atoms with Gasteiger partial charge in [-0.2, -0.15) is 4.98 Å². The predicted molar refractivity (Wildman–Crippen MR) is 137 cm³/mol. The van der Waals surface area contributed by atoms with Gasteiger partial charge in [-0.15, -0.1) is 0 Å². The summed E-state index contributed by atoms with van der Waals surface area (Å²) in [5.41, 5.74) is 4.86. The second-order valence-electron chi connectivity index (χ2n) is 8.51. The fourth-order valence-electron chi connectivity index (χ4n) is 4.01. The van der Waals surface area contributed by atoms with E-state index in [4.69, 9.17) is 26.1 Å². The lowest BCUT2D eigenvalue weighted by atomic mass is 10.2. The number of fused-ring (bicyclic) bond motifs is 2. The van der Waals surface area contributed by atoms with Crippen molar-refractivity contribution in [1.29, 1.82) is 0 Å². The quantitative estimate of drug-likeness (QED) is 0.319. The van der Waals surface area contributed by atoms with Crippen LogP contribution in [0.25, 0.3) is 21.9 Å². The van der Waals surface area contributed by atoms with E-state index in [2.05, 4.69) is 37.3 Å². The van der Waals surface area contributed by atoms with Crippen molar-refractivity contribution >= 4 is 45.2 Å². The normalized spacial score (nSPS) is 13.7. The van der Waals surface area contributed by atoms with Gasteiger partial charge in [0, 0.05) is 30.9 Å². The molecule has 0 spiro atoms. The van der Waals surface area contributed by atoms with Gasteiger partial charge in [-0.25, -0.2) is 9.97 Å². The number of imidazole rings is 1. The zero-order valence-corrected chi connectivity index (χ0v) is 19.8. The number of hydrogen-bond acceptors (Lipinski definition) is 7. The van der Waals surface area contributed by atoms with Crippen LogP contribution in [-0.2, 0) is 18.3 Å². The van der Waals surface area contributed by atoms with E-state index in [-0.39, 0.29) is 6.01 Å². The largest absolute Gasteiger partial charge is 0.424 e. The van der Waals surface area contributed by atoms with Crippen LogP contribution in [0.4, 0.5) is 11.6 Å². The molecule has 9 heteroatoms. The number of benzene rings is 3. The van der Waals surface area contributed by atoms with Gasteiger partial charge in [-0.1, -0.05) is 35.9 Å². The first-order valence-electron chi connectivity index (χ1n) is 11.3. The zero-order valence-electron chi connectivity index (χ0n) is 19.0. The van der Waals surface area contributed by atoms with E-state index in [0.29, 0.717) is 28.9 Å². The van der Waals surface area contributed by atoms with Gasteiger partial charge in [0.1, 0.15) is 5.75 Å². The molecule has 0 amide bonds. The van der Waals surface area contributed by atoms with Crippen molar-refractivity contribution in [3.05, 3.63) is 77.4 Å². The topological polar surface area (TPSA) is 86.1 Å². The molecule has 8 nitrogen and oxygen atoms in total. The Hall–Kier alpha value is -3.88. The molecule has 1 fully saturated rings. The molecule has 3 aromatic carbocycles. The van der Waals surface area contributed by atoms with Crippen molar-refractivity contribution < 1.29 is 9.47 Å². The number of nitrogens with zero attached hydrogens (tertiary/aromatic N) is 4. The van der Waals surface area contributed by atoms with Crippen LogP contribution in [0.5, 0.6) is 11.8 Å². The molecule has 5 aromatic rings. The second-order valence-corrected chi connectivity index (χ2v) is 8.91. The fraction of sp³-hybridized carbons (Fsp3) is 0.192. The maximum Gasteiger partial charge on any atom is 0.322 e. The molecular formula is C26H23ClN6O2. The van der Waals surface area contributed by atoms with Crippen LogP contribution in [-0.4, -0.2) is 38.8 Å². The highest BCUT2D eigenvalue weighted by Crippen LogP contribution is 2.26. The predicted octanol–water partition coefficient (Wildman–Crippen LogP) is 5.39. The minimum Gasteiger partial charge on any atom is -0.424 e. The second kappa shape index (κ2) is 9.05. The monoisotopic (exact) mass is 486 g/mol. The van der Waals surface area contributed by atoms with Gasteiger partial charge in [0.15, 0.2) is 0 Å². The molecule has 0 unspecified atom stereocenters. The van der Waals surface area contributed by atoms with Gasteiger partial charge in [0.05, 0.1) is 40.8 Å². The van der Waals surface area contributed by atoms with E-state index in [1.807, 2.05) is 49.5 Å². The number of aryl methyl sites for hydroxylation is 1. The fourth-order valence-corrected chi connectivity index (χ4v) is 4.23. The van der Waals surface area contributed by atoms with Crippen LogP contribution in [0.15, 0.2) is 66.9 Å². The highest BCUT2D eigenvalue weighted by Gasteiger charge is 2.18. The third kappa shape index (κ3) is 4.45. The third-order valence-corrected chi connectivity index (χ3v) is 6.32. The SMILES string of the molecule is Cn1c(NCc2ccc(Oc3ncc4cccc(Cl)c4n3)cc2)nc2ccc(NC3COC3)cc21. The molecule has 1 aliphatic rings. The molecule has 2 aromatic heterocycles. The minimum atomic E-state index is 0.259. The van der Waals surface area contributed by atoms with Gasteiger partial charge < -0.3 is 24.7 Å². The van der Waals surface area contributed by atoms with Gasteiger partial charge >= 0.3 is 6.01 Å². The van der Waals surface area contributed by atoms with Gasteiger partial charge in [-0.3, -0.25) is 0 Å². The van der Waals surface area contributed by atoms with Crippen molar-refractivity contribution in [1.82, 2.24) is 19.5 Å². The number of rotatable bonds is 7. The van der Waals surface area contributed by atoms with Crippen molar-refractivity contribution in [2.45, 2.75) is 12.6 Å². The maximum absolute atomic E-state index is 6.24. The summed E-state index contributed by atoms with van der Waals surface area (Å²) in [5.74, 6) is 1.46. The number of ether oxygens (including phenoxy) is 2. The lowest BCUT2D eigenvalue weighted by Gasteiger charge is -2.27. The number of nitrogens with one attached hydrogen (secondary N) is 2. The van der Waals surface area contributed by atoms with Crippen LogP contribution in [0.1, 0.15) is 5.56 Å². The molecule has 0 atom stereocenters. The highest BCUT2D eigenvalue weighted by molar-refractivity contribution is 6.35. The van der Waals surface area contributed by atoms with Crippen molar-refractivity contribution in [3.8, 4) is 11.8 Å². The molecule has 1 aliphatic heterocycles. The number of hydrogen-bond donors (Lipinski definition) is 2. The Bertz CT molecular complexity index is 1510. The van der Waals surface area contributed by atoms with Crippen LogP contribution in [0.2, 0.25) is 5.02 Å². The zero-order chi connectivity index (χ0) is 23.8. The van der Waals surface area contributed by atoms with E-state index in [1.54, 1.807) is 12.3 Å². The van der Waals surface area contributed by atoms with Gasteiger partial charge in [0.2, 0.25) is 5.95 Å². The lowest BCUT2D eigenvalue weighted by molar-refractivity contribution is 0.0211. The molecule has 2 N–H and O–H groups in total. The molecule has 1 saturated heterocycles.